The lowest BCUT2D eigenvalue weighted by atomic mass is 10.1. The van der Waals surface area contributed by atoms with Crippen LogP contribution < -0.4 is 0 Å². The van der Waals surface area contributed by atoms with Gasteiger partial charge < -0.3 is 0 Å². The minimum absolute atomic E-state index is 0.376. The lowest BCUT2D eigenvalue weighted by Gasteiger charge is -1.92. The average molecular weight is 229 g/mol. The van der Waals surface area contributed by atoms with E-state index in [1.165, 1.54) is 11.8 Å². The Balaban J connectivity index is 2.21. The fraction of sp³-hybridized carbons (Fsp3) is 0.0769. The van der Waals surface area contributed by atoms with Crippen LogP contribution in [0.1, 0.15) is 16.8 Å². The van der Waals surface area contributed by atoms with Crippen molar-refractivity contribution in [3.8, 4) is 11.8 Å². The molecule has 78 valence electrons. The molecule has 0 N–H and O–H groups in total. The Labute approximate surface area is 99.3 Å². The number of nitrogens with zero attached hydrogens (tertiary/aromatic N) is 2. The molecule has 0 bridgehead atoms. The number of hydrogen-bond acceptors (Lipinski definition) is 2. The summed E-state index contributed by atoms with van der Waals surface area (Å²) in [6.07, 6.45) is 3.05. The highest BCUT2D eigenvalue weighted by atomic mass is 35.5. The first-order chi connectivity index (χ1) is 7.74. The molecule has 0 saturated carbocycles. The lowest BCUT2D eigenvalue weighted by molar-refractivity contribution is 1.17. The maximum Gasteiger partial charge on any atom is 0.147 e. The standard InChI is InChI=1S/C13H9ClN2/c1-10-2-4-11(5-3-10)6-7-12-8-16-13(14)9-15-12/h2-5,8-9H,1H3. The Morgan fingerprint density at radius 2 is 1.75 bits per heavy atom. The predicted octanol–water partition coefficient (Wildman–Crippen LogP) is 2.84. The van der Waals surface area contributed by atoms with E-state index in [9.17, 15) is 0 Å². The quantitative estimate of drug-likeness (QED) is 0.648. The van der Waals surface area contributed by atoms with E-state index in [1.807, 2.05) is 31.2 Å². The van der Waals surface area contributed by atoms with Crippen LogP contribution in [0, 0.1) is 18.8 Å². The molecule has 0 spiro atoms. The van der Waals surface area contributed by atoms with Crippen LogP contribution >= 0.6 is 11.6 Å². The Bertz CT molecular complexity index is 483. The summed E-state index contributed by atoms with van der Waals surface area (Å²) in [5.74, 6) is 5.94. The van der Waals surface area contributed by atoms with Gasteiger partial charge in [-0.15, -0.1) is 0 Å². The summed E-state index contributed by atoms with van der Waals surface area (Å²) in [5.41, 5.74) is 2.80. The number of hydrogen-bond donors (Lipinski definition) is 0. The maximum absolute atomic E-state index is 5.62. The fourth-order valence-electron chi connectivity index (χ4n) is 1.15. The van der Waals surface area contributed by atoms with Crippen molar-refractivity contribution < 1.29 is 0 Å². The first-order valence-electron chi connectivity index (χ1n) is 4.80. The predicted molar refractivity (Wildman–Crippen MR) is 64.2 cm³/mol. The Morgan fingerprint density at radius 1 is 1.00 bits per heavy atom. The molecule has 0 radical (unpaired) electrons. The van der Waals surface area contributed by atoms with Crippen molar-refractivity contribution in [2.45, 2.75) is 6.92 Å². The molecule has 0 atom stereocenters. The molecule has 0 aliphatic carbocycles. The Kier molecular flexibility index (Phi) is 3.19. The fourth-order valence-corrected chi connectivity index (χ4v) is 1.25. The van der Waals surface area contributed by atoms with Crippen molar-refractivity contribution in [2.24, 2.45) is 0 Å². The van der Waals surface area contributed by atoms with Crippen LogP contribution in [0.25, 0.3) is 0 Å². The second-order valence-electron chi connectivity index (χ2n) is 3.34. The van der Waals surface area contributed by atoms with E-state index >= 15 is 0 Å². The summed E-state index contributed by atoms with van der Waals surface area (Å²) < 4.78 is 0. The smallest absolute Gasteiger partial charge is 0.147 e. The minimum atomic E-state index is 0.376. The first-order valence-corrected chi connectivity index (χ1v) is 5.18. The van der Waals surface area contributed by atoms with Gasteiger partial charge >= 0.3 is 0 Å². The highest BCUT2D eigenvalue weighted by Crippen LogP contribution is 2.02. The van der Waals surface area contributed by atoms with Gasteiger partial charge in [-0.3, -0.25) is 0 Å². The van der Waals surface area contributed by atoms with E-state index in [1.54, 1.807) is 6.20 Å². The van der Waals surface area contributed by atoms with Gasteiger partial charge in [0.2, 0.25) is 0 Å². The van der Waals surface area contributed by atoms with Crippen LogP contribution in [0.3, 0.4) is 0 Å². The van der Waals surface area contributed by atoms with Crippen molar-refractivity contribution in [3.05, 3.63) is 58.6 Å². The van der Waals surface area contributed by atoms with Crippen molar-refractivity contribution in [2.75, 3.05) is 0 Å². The molecular weight excluding hydrogens is 220 g/mol. The molecule has 0 aliphatic rings. The molecule has 1 aromatic heterocycles. The molecular formula is C13H9ClN2. The molecule has 0 unspecified atom stereocenters. The topological polar surface area (TPSA) is 25.8 Å². The molecule has 0 aliphatic heterocycles. The van der Waals surface area contributed by atoms with Crippen molar-refractivity contribution in [1.29, 1.82) is 0 Å². The van der Waals surface area contributed by atoms with Crippen LogP contribution in [-0.4, -0.2) is 9.97 Å². The van der Waals surface area contributed by atoms with Crippen molar-refractivity contribution in [1.82, 2.24) is 9.97 Å². The lowest BCUT2D eigenvalue weighted by Crippen LogP contribution is -1.84. The first kappa shape index (κ1) is 10.7. The highest BCUT2D eigenvalue weighted by molar-refractivity contribution is 6.29. The van der Waals surface area contributed by atoms with E-state index in [4.69, 9.17) is 11.6 Å². The van der Waals surface area contributed by atoms with Gasteiger partial charge in [0.05, 0.1) is 12.4 Å². The second kappa shape index (κ2) is 4.78. The summed E-state index contributed by atoms with van der Waals surface area (Å²) in [7, 11) is 0. The SMILES string of the molecule is Cc1ccc(C#Cc2cnc(Cl)cn2)cc1. The molecule has 1 heterocycles. The number of benzene rings is 1. The average Bonchev–Trinajstić information content (AvgIpc) is 2.30. The van der Waals surface area contributed by atoms with E-state index in [0.29, 0.717) is 10.8 Å². The van der Waals surface area contributed by atoms with Crippen LogP contribution in [-0.2, 0) is 0 Å². The number of aromatic nitrogens is 2. The van der Waals surface area contributed by atoms with Gasteiger partial charge in [-0.1, -0.05) is 35.2 Å². The summed E-state index contributed by atoms with van der Waals surface area (Å²) in [4.78, 5) is 7.95. The van der Waals surface area contributed by atoms with Gasteiger partial charge in [0.1, 0.15) is 10.8 Å². The largest absolute Gasteiger partial charge is 0.243 e. The van der Waals surface area contributed by atoms with Crippen LogP contribution in [0.2, 0.25) is 5.15 Å². The summed E-state index contributed by atoms with van der Waals surface area (Å²) in [5, 5.41) is 0.376. The summed E-state index contributed by atoms with van der Waals surface area (Å²) >= 11 is 5.62. The van der Waals surface area contributed by atoms with E-state index < -0.39 is 0 Å². The van der Waals surface area contributed by atoms with E-state index in [-0.39, 0.29) is 0 Å². The minimum Gasteiger partial charge on any atom is -0.243 e. The maximum atomic E-state index is 5.62. The van der Waals surface area contributed by atoms with Gasteiger partial charge in [-0.05, 0) is 25.0 Å². The van der Waals surface area contributed by atoms with Crippen LogP contribution in [0.5, 0.6) is 0 Å². The Hall–Kier alpha value is -1.85. The number of rotatable bonds is 0. The Morgan fingerprint density at radius 3 is 2.38 bits per heavy atom. The van der Waals surface area contributed by atoms with Gasteiger partial charge in [0.25, 0.3) is 0 Å². The molecule has 2 rings (SSSR count). The monoisotopic (exact) mass is 228 g/mol. The third-order valence-electron chi connectivity index (χ3n) is 2.01. The summed E-state index contributed by atoms with van der Waals surface area (Å²) in [6.45, 7) is 2.04. The van der Waals surface area contributed by atoms with Crippen LogP contribution in [0.4, 0.5) is 0 Å². The second-order valence-corrected chi connectivity index (χ2v) is 3.73. The van der Waals surface area contributed by atoms with Crippen molar-refractivity contribution in [3.63, 3.8) is 0 Å². The third kappa shape index (κ3) is 2.82. The number of halogens is 1. The van der Waals surface area contributed by atoms with Crippen molar-refractivity contribution >= 4 is 11.6 Å². The van der Waals surface area contributed by atoms with Crippen LogP contribution in [0.15, 0.2) is 36.7 Å². The zero-order valence-electron chi connectivity index (χ0n) is 8.74. The van der Waals surface area contributed by atoms with Gasteiger partial charge in [-0.25, -0.2) is 9.97 Å². The molecule has 16 heavy (non-hydrogen) atoms. The molecule has 2 aromatic rings. The van der Waals surface area contributed by atoms with E-state index in [0.717, 1.165) is 5.56 Å². The number of aryl methyl sites for hydroxylation is 1. The van der Waals surface area contributed by atoms with Gasteiger partial charge in [0, 0.05) is 5.56 Å². The highest BCUT2D eigenvalue weighted by Gasteiger charge is 1.90. The summed E-state index contributed by atoms with van der Waals surface area (Å²) in [6, 6.07) is 8.01. The molecule has 2 nitrogen and oxygen atoms in total. The zero-order valence-corrected chi connectivity index (χ0v) is 9.49. The molecule has 0 fully saturated rings. The molecule has 1 aromatic carbocycles. The molecule has 0 amide bonds. The molecule has 3 heteroatoms. The van der Waals surface area contributed by atoms with Gasteiger partial charge in [-0.2, -0.15) is 0 Å². The van der Waals surface area contributed by atoms with Gasteiger partial charge in [0.15, 0.2) is 0 Å². The molecule has 0 saturated heterocycles. The normalized spacial score (nSPS) is 9.38. The van der Waals surface area contributed by atoms with E-state index in [2.05, 4.69) is 21.8 Å². The third-order valence-corrected chi connectivity index (χ3v) is 2.20. The zero-order chi connectivity index (χ0) is 11.4.